The smallest absolute Gasteiger partial charge is 0.258 e. The van der Waals surface area contributed by atoms with E-state index >= 15 is 0 Å². The molecule has 0 aromatic heterocycles. The zero-order valence-corrected chi connectivity index (χ0v) is 29.1. The number of aromatic hydroxyl groups is 1. The van der Waals surface area contributed by atoms with E-state index in [2.05, 4.69) is 4.90 Å². The zero-order valence-electron chi connectivity index (χ0n) is 27.6. The van der Waals surface area contributed by atoms with E-state index in [0.717, 1.165) is 35.8 Å². The van der Waals surface area contributed by atoms with E-state index in [0.29, 0.717) is 30.0 Å². The van der Waals surface area contributed by atoms with Gasteiger partial charge in [0.25, 0.3) is 11.8 Å². The van der Waals surface area contributed by atoms with Gasteiger partial charge in [-0.1, -0.05) is 17.7 Å². The van der Waals surface area contributed by atoms with Crippen LogP contribution < -0.4 is 19.4 Å². The van der Waals surface area contributed by atoms with Crippen molar-refractivity contribution in [2.75, 3.05) is 47.6 Å². The maximum absolute atomic E-state index is 14.6. The summed E-state index contributed by atoms with van der Waals surface area (Å²) in [5.74, 6) is -6.38. The number of phenols is 1. The number of nitrogens with zero attached hydrogens (tertiary/aromatic N) is 3. The second-order valence-electron chi connectivity index (χ2n) is 13.5. The van der Waals surface area contributed by atoms with Crippen LogP contribution >= 0.6 is 23.2 Å². The lowest BCUT2D eigenvalue weighted by Gasteiger charge is -2.50. The van der Waals surface area contributed by atoms with E-state index in [4.69, 9.17) is 32.7 Å². The van der Waals surface area contributed by atoms with Gasteiger partial charge in [0, 0.05) is 24.7 Å². The summed E-state index contributed by atoms with van der Waals surface area (Å²) in [6.45, 7) is 4.69. The van der Waals surface area contributed by atoms with Crippen molar-refractivity contribution in [2.24, 2.45) is 17.8 Å². The molecule has 10 nitrogen and oxygen atoms in total. The third-order valence-corrected chi connectivity index (χ3v) is 12.4. The number of ether oxygens (including phenoxy) is 2. The Morgan fingerprint density at radius 1 is 0.863 bits per heavy atom. The average molecular weight is 735 g/mol. The topological polar surface area (TPSA) is 117 Å². The van der Waals surface area contributed by atoms with E-state index in [-0.39, 0.29) is 42.5 Å². The van der Waals surface area contributed by atoms with Gasteiger partial charge in [-0.25, -0.2) is 9.29 Å². The van der Waals surface area contributed by atoms with Gasteiger partial charge in [0.15, 0.2) is 21.2 Å². The predicted octanol–water partition coefficient (Wildman–Crippen LogP) is 5.53. The number of benzene rings is 3. The zero-order chi connectivity index (χ0) is 35.8. The fraction of sp³-hybridized carbons (Fsp3) is 0.368. The van der Waals surface area contributed by atoms with Crippen LogP contribution in [0.15, 0.2) is 78.4 Å². The van der Waals surface area contributed by atoms with Crippen LogP contribution in [0.25, 0.3) is 0 Å². The number of morpholine rings is 1. The first-order valence-corrected chi connectivity index (χ1v) is 17.7. The van der Waals surface area contributed by atoms with Crippen molar-refractivity contribution in [3.05, 3.63) is 89.8 Å². The monoisotopic (exact) mass is 733 g/mol. The van der Waals surface area contributed by atoms with Crippen molar-refractivity contribution < 1.29 is 38.1 Å². The molecule has 51 heavy (non-hydrogen) atoms. The Kier molecular flexibility index (Phi) is 8.16. The van der Waals surface area contributed by atoms with Crippen molar-refractivity contribution in [2.45, 2.75) is 35.4 Å². The van der Waals surface area contributed by atoms with Crippen molar-refractivity contribution in [1.82, 2.24) is 0 Å². The van der Waals surface area contributed by atoms with Gasteiger partial charge in [-0.3, -0.25) is 24.1 Å². The standard InChI is InChI=1S/C38H34Cl2FN3O7/c1-2-51-30-19-21(3-14-29(30)45)32-26-12-13-27-31(34(47)43(33(27)46)24-10-8-23(9-11-24)42-15-17-50-18-16-42)28(26)20-37(39)35(48)44(36(49)38(32,37)40)25-6-4-22(41)5-7-25/h3-12,14,19,27-28,31-32,45H,2,13,15-18,20H2,1H3/t27-,28+,31-,32-,37+,38-/m0/s1. The number of allylic oxidation sites excluding steroid dienone is 2. The molecular formula is C38H34Cl2FN3O7. The summed E-state index contributed by atoms with van der Waals surface area (Å²) in [6, 6.07) is 16.7. The number of carbonyl (C=O) groups excluding carboxylic acids is 4. The van der Waals surface area contributed by atoms with E-state index in [1.165, 1.54) is 23.1 Å². The minimum Gasteiger partial charge on any atom is -0.504 e. The average Bonchev–Trinajstić information content (AvgIpc) is 3.47. The molecule has 264 valence electrons. The second kappa shape index (κ2) is 12.4. The molecule has 4 amide bonds. The molecule has 8 rings (SSSR count). The van der Waals surface area contributed by atoms with Crippen molar-refractivity contribution >= 4 is 63.9 Å². The van der Waals surface area contributed by atoms with Crippen molar-refractivity contribution in [1.29, 1.82) is 0 Å². The van der Waals surface area contributed by atoms with Gasteiger partial charge in [-0.15, -0.1) is 23.2 Å². The molecule has 0 radical (unpaired) electrons. The molecule has 3 saturated heterocycles. The molecule has 4 fully saturated rings. The first-order chi connectivity index (χ1) is 24.5. The highest BCUT2D eigenvalue weighted by molar-refractivity contribution is 6.58. The van der Waals surface area contributed by atoms with Gasteiger partial charge in [0.1, 0.15) is 5.82 Å². The molecule has 1 N–H and O–H groups in total. The molecule has 3 aliphatic heterocycles. The van der Waals surface area contributed by atoms with Crippen LogP contribution in [-0.2, 0) is 23.9 Å². The molecule has 3 aromatic rings. The Labute approximate surface area is 303 Å². The number of fused-ring (bicyclic) bond motifs is 4. The number of imide groups is 2. The van der Waals surface area contributed by atoms with E-state index < -0.39 is 57.0 Å². The first kappa shape index (κ1) is 33.7. The summed E-state index contributed by atoms with van der Waals surface area (Å²) in [5.41, 5.74) is 2.51. The largest absolute Gasteiger partial charge is 0.504 e. The summed E-state index contributed by atoms with van der Waals surface area (Å²) in [7, 11) is 0. The van der Waals surface area contributed by atoms with Gasteiger partial charge < -0.3 is 19.5 Å². The molecule has 13 heteroatoms. The Morgan fingerprint density at radius 3 is 2.20 bits per heavy atom. The number of phenolic OH excluding ortho intramolecular Hbond substituents is 1. The Hall–Kier alpha value is -4.45. The van der Waals surface area contributed by atoms with Gasteiger partial charge in [0.05, 0.1) is 43.0 Å². The van der Waals surface area contributed by atoms with Gasteiger partial charge >= 0.3 is 0 Å². The second-order valence-corrected chi connectivity index (χ2v) is 14.8. The number of anilines is 3. The van der Waals surface area contributed by atoms with E-state index in [1.54, 1.807) is 31.2 Å². The number of rotatable bonds is 6. The van der Waals surface area contributed by atoms with E-state index in [1.807, 2.05) is 18.2 Å². The van der Waals surface area contributed by atoms with Crippen LogP contribution in [0.4, 0.5) is 21.5 Å². The molecule has 0 unspecified atom stereocenters. The van der Waals surface area contributed by atoms with Crippen LogP contribution in [0.1, 0.15) is 31.2 Å². The van der Waals surface area contributed by atoms with Crippen LogP contribution in [0.3, 0.4) is 0 Å². The van der Waals surface area contributed by atoms with Gasteiger partial charge in [0.2, 0.25) is 11.8 Å². The Morgan fingerprint density at radius 2 is 1.51 bits per heavy atom. The molecule has 6 atom stereocenters. The fourth-order valence-corrected chi connectivity index (χ4v) is 9.58. The predicted molar refractivity (Wildman–Crippen MR) is 188 cm³/mol. The van der Waals surface area contributed by atoms with Crippen LogP contribution in [0, 0.1) is 23.6 Å². The van der Waals surface area contributed by atoms with Crippen molar-refractivity contribution in [3.8, 4) is 11.5 Å². The molecular weight excluding hydrogens is 700 g/mol. The number of carbonyl (C=O) groups is 4. The maximum Gasteiger partial charge on any atom is 0.258 e. The van der Waals surface area contributed by atoms with Gasteiger partial charge in [-0.05, 0) is 91.9 Å². The minimum absolute atomic E-state index is 0.0916. The molecule has 1 saturated carbocycles. The number of hydrogen-bond donors (Lipinski definition) is 1. The summed E-state index contributed by atoms with van der Waals surface area (Å²) in [6.07, 6.45) is 1.84. The molecule has 2 aliphatic carbocycles. The molecule has 3 heterocycles. The van der Waals surface area contributed by atoms with E-state index in [9.17, 15) is 28.7 Å². The lowest BCUT2D eigenvalue weighted by molar-refractivity contribution is -0.125. The van der Waals surface area contributed by atoms with Crippen LogP contribution in [0.2, 0.25) is 0 Å². The summed E-state index contributed by atoms with van der Waals surface area (Å²) in [5, 5.41) is 10.6. The lowest BCUT2D eigenvalue weighted by atomic mass is 9.56. The highest BCUT2D eigenvalue weighted by atomic mass is 35.5. The highest BCUT2D eigenvalue weighted by Crippen LogP contribution is 2.66. The van der Waals surface area contributed by atoms with Crippen LogP contribution in [0.5, 0.6) is 11.5 Å². The maximum atomic E-state index is 14.6. The highest BCUT2D eigenvalue weighted by Gasteiger charge is 2.76. The normalized spacial score (nSPS) is 30.3. The SMILES string of the molecule is CCOc1cc([C@H]2C3=CC[C@@H]4C(=O)N(c5ccc(N6CCOCC6)cc5)C(=O)[C@@H]4[C@@H]3C[C@@]3(Cl)C(=O)N(c4ccc(F)cc4)C(=O)[C@@]23Cl)ccc1O. The molecule has 0 spiro atoms. The lowest BCUT2D eigenvalue weighted by Crippen LogP contribution is -2.60. The molecule has 5 aliphatic rings. The van der Waals surface area contributed by atoms with Crippen molar-refractivity contribution in [3.63, 3.8) is 0 Å². The Balaban J connectivity index is 1.22. The number of alkyl halides is 2. The number of halogens is 3. The van der Waals surface area contributed by atoms with Gasteiger partial charge in [-0.2, -0.15) is 0 Å². The number of hydrogen-bond acceptors (Lipinski definition) is 8. The summed E-state index contributed by atoms with van der Waals surface area (Å²) in [4.78, 5) is 57.7. The third kappa shape index (κ3) is 4.92. The molecule has 3 aromatic carbocycles. The molecule has 0 bridgehead atoms. The summed E-state index contributed by atoms with van der Waals surface area (Å²) < 4.78 is 25.1. The number of amides is 4. The minimum atomic E-state index is -2.10. The van der Waals surface area contributed by atoms with Crippen LogP contribution in [-0.4, -0.2) is 71.4 Å². The first-order valence-electron chi connectivity index (χ1n) is 17.0. The third-order valence-electron chi connectivity index (χ3n) is 11.0. The quantitative estimate of drug-likeness (QED) is 0.200. The summed E-state index contributed by atoms with van der Waals surface area (Å²) >= 11 is 14.9. The fourth-order valence-electron chi connectivity index (χ4n) is 8.64. The Bertz CT molecular complexity index is 1990.